The van der Waals surface area contributed by atoms with Gasteiger partial charge in [0.25, 0.3) is 0 Å². The van der Waals surface area contributed by atoms with E-state index >= 15 is 0 Å². The molecule has 0 spiro atoms. The number of hydrogen-bond acceptors (Lipinski definition) is 0. The molecule has 0 heterocycles. The Kier molecular flexibility index (Phi) is 2.86. The zero-order valence-corrected chi connectivity index (χ0v) is 7.58. The molecule has 70 valence electrons. The Hall–Kier alpha value is -0.400. The predicted octanol–water partition coefficient (Wildman–Crippen LogP) is 3.78. The molecule has 1 aliphatic rings. The topological polar surface area (TPSA) is 0 Å². The van der Waals surface area contributed by atoms with Gasteiger partial charge in [0, 0.05) is 12.8 Å². The molecule has 0 aromatic rings. The molecule has 0 aliphatic heterocycles. The van der Waals surface area contributed by atoms with Crippen LogP contribution in [0.2, 0.25) is 0 Å². The average molecular weight is 174 g/mol. The average Bonchev–Trinajstić information content (AvgIpc) is 1.98. The summed E-state index contributed by atoms with van der Waals surface area (Å²) in [5, 5.41) is 0. The molecule has 1 aliphatic carbocycles. The van der Waals surface area contributed by atoms with Crippen molar-refractivity contribution in [3.05, 3.63) is 12.2 Å². The van der Waals surface area contributed by atoms with Gasteiger partial charge in [-0.3, -0.25) is 0 Å². The smallest absolute Gasteiger partial charge is 0.207 e. The van der Waals surface area contributed by atoms with Crippen LogP contribution in [-0.4, -0.2) is 5.92 Å². The first-order valence-electron chi connectivity index (χ1n) is 4.57. The first-order chi connectivity index (χ1) is 5.51. The van der Waals surface area contributed by atoms with Crippen LogP contribution in [0.25, 0.3) is 0 Å². The lowest BCUT2D eigenvalue weighted by molar-refractivity contribution is -0.0247. The molecule has 0 amide bonds. The van der Waals surface area contributed by atoms with Crippen LogP contribution in [0.1, 0.15) is 39.0 Å². The summed E-state index contributed by atoms with van der Waals surface area (Å²) in [6, 6.07) is 0. The van der Waals surface area contributed by atoms with Crippen LogP contribution < -0.4 is 0 Å². The fourth-order valence-electron chi connectivity index (χ4n) is 1.58. The van der Waals surface area contributed by atoms with Gasteiger partial charge in [-0.25, -0.2) is 8.78 Å². The SMILES string of the molecule is C=C1CCCC(F)(F)CCC1C. The van der Waals surface area contributed by atoms with Crippen molar-refractivity contribution in [3.63, 3.8) is 0 Å². The highest BCUT2D eigenvalue weighted by Crippen LogP contribution is 2.34. The van der Waals surface area contributed by atoms with Crippen molar-refractivity contribution in [1.29, 1.82) is 0 Å². The Morgan fingerprint density at radius 1 is 1.42 bits per heavy atom. The molecule has 0 radical (unpaired) electrons. The molecule has 1 rings (SSSR count). The van der Waals surface area contributed by atoms with Gasteiger partial charge in [-0.05, 0) is 25.2 Å². The van der Waals surface area contributed by atoms with Crippen molar-refractivity contribution in [2.45, 2.75) is 45.0 Å². The second kappa shape index (κ2) is 3.55. The third-order valence-electron chi connectivity index (χ3n) is 2.68. The van der Waals surface area contributed by atoms with E-state index in [1.54, 1.807) is 0 Å². The molecular weight excluding hydrogens is 158 g/mol. The monoisotopic (exact) mass is 174 g/mol. The molecule has 0 aromatic carbocycles. The minimum absolute atomic E-state index is 0.0349. The summed E-state index contributed by atoms with van der Waals surface area (Å²) in [7, 11) is 0. The summed E-state index contributed by atoms with van der Waals surface area (Å²) in [6.45, 7) is 5.89. The molecular formula is C10H16F2. The van der Waals surface area contributed by atoms with Crippen LogP contribution >= 0.6 is 0 Å². The van der Waals surface area contributed by atoms with Gasteiger partial charge in [-0.15, -0.1) is 0 Å². The molecule has 0 aromatic heterocycles. The fourth-order valence-corrected chi connectivity index (χ4v) is 1.58. The summed E-state index contributed by atoms with van der Waals surface area (Å²) in [5.41, 5.74) is 1.14. The number of allylic oxidation sites excluding steroid dienone is 1. The quantitative estimate of drug-likeness (QED) is 0.490. The maximum Gasteiger partial charge on any atom is 0.248 e. The van der Waals surface area contributed by atoms with Crippen LogP contribution in [0.15, 0.2) is 12.2 Å². The van der Waals surface area contributed by atoms with E-state index in [0.29, 0.717) is 12.8 Å². The Balaban J connectivity index is 2.52. The van der Waals surface area contributed by atoms with Crippen molar-refractivity contribution < 1.29 is 8.78 Å². The summed E-state index contributed by atoms with van der Waals surface area (Å²) >= 11 is 0. The van der Waals surface area contributed by atoms with Crippen LogP contribution in [0.4, 0.5) is 8.78 Å². The third-order valence-corrected chi connectivity index (χ3v) is 2.68. The lowest BCUT2D eigenvalue weighted by Gasteiger charge is -2.24. The van der Waals surface area contributed by atoms with Crippen molar-refractivity contribution in [2.75, 3.05) is 0 Å². The van der Waals surface area contributed by atoms with E-state index in [0.717, 1.165) is 12.0 Å². The molecule has 0 saturated heterocycles. The maximum atomic E-state index is 12.9. The van der Waals surface area contributed by atoms with Gasteiger partial charge >= 0.3 is 0 Å². The fraction of sp³-hybridized carbons (Fsp3) is 0.800. The van der Waals surface area contributed by atoms with Crippen molar-refractivity contribution in [1.82, 2.24) is 0 Å². The molecule has 1 unspecified atom stereocenters. The first-order valence-corrected chi connectivity index (χ1v) is 4.57. The Bertz CT molecular complexity index is 173. The standard InChI is InChI=1S/C10H16F2/c1-8-4-3-6-10(11,12)7-5-9(8)2/h9H,1,3-7H2,2H3. The van der Waals surface area contributed by atoms with Gasteiger partial charge in [0.1, 0.15) is 0 Å². The van der Waals surface area contributed by atoms with E-state index < -0.39 is 5.92 Å². The van der Waals surface area contributed by atoms with Crippen LogP contribution in [-0.2, 0) is 0 Å². The highest BCUT2D eigenvalue weighted by Gasteiger charge is 2.30. The predicted molar refractivity (Wildman–Crippen MR) is 46.3 cm³/mol. The number of halogens is 2. The van der Waals surface area contributed by atoms with Gasteiger partial charge in [0.05, 0.1) is 0 Å². The second-order valence-electron chi connectivity index (χ2n) is 3.81. The lowest BCUT2D eigenvalue weighted by Crippen LogP contribution is -2.20. The maximum absolute atomic E-state index is 12.9. The van der Waals surface area contributed by atoms with E-state index in [2.05, 4.69) is 6.58 Å². The Morgan fingerprint density at radius 3 is 2.75 bits per heavy atom. The molecule has 0 N–H and O–H groups in total. The molecule has 1 fully saturated rings. The minimum Gasteiger partial charge on any atom is -0.207 e. The third kappa shape index (κ3) is 2.58. The van der Waals surface area contributed by atoms with Crippen LogP contribution in [0, 0.1) is 5.92 Å². The van der Waals surface area contributed by atoms with E-state index in [1.165, 1.54) is 0 Å². The van der Waals surface area contributed by atoms with E-state index in [1.807, 2.05) is 6.92 Å². The van der Waals surface area contributed by atoms with Gasteiger partial charge in [-0.1, -0.05) is 19.1 Å². The molecule has 0 nitrogen and oxygen atoms in total. The largest absolute Gasteiger partial charge is 0.248 e. The zero-order valence-electron chi connectivity index (χ0n) is 7.58. The number of hydrogen-bond donors (Lipinski definition) is 0. The van der Waals surface area contributed by atoms with Crippen molar-refractivity contribution in [3.8, 4) is 0 Å². The van der Waals surface area contributed by atoms with Gasteiger partial charge in [0.2, 0.25) is 5.92 Å². The van der Waals surface area contributed by atoms with Crippen molar-refractivity contribution in [2.24, 2.45) is 5.92 Å². The Labute approximate surface area is 72.7 Å². The summed E-state index contributed by atoms with van der Waals surface area (Å²) in [6.07, 6.45) is 2.03. The van der Waals surface area contributed by atoms with Gasteiger partial charge < -0.3 is 0 Å². The Morgan fingerprint density at radius 2 is 2.08 bits per heavy atom. The minimum atomic E-state index is -2.42. The summed E-state index contributed by atoms with van der Waals surface area (Å²) in [4.78, 5) is 0. The number of rotatable bonds is 0. The van der Waals surface area contributed by atoms with Crippen LogP contribution in [0.5, 0.6) is 0 Å². The van der Waals surface area contributed by atoms with Gasteiger partial charge in [-0.2, -0.15) is 0 Å². The molecule has 1 atom stereocenters. The van der Waals surface area contributed by atoms with Gasteiger partial charge in [0.15, 0.2) is 0 Å². The highest BCUT2D eigenvalue weighted by molar-refractivity contribution is 5.00. The second-order valence-corrected chi connectivity index (χ2v) is 3.81. The number of alkyl halides is 2. The highest BCUT2D eigenvalue weighted by atomic mass is 19.3. The molecule has 2 heteroatoms. The molecule has 0 bridgehead atoms. The zero-order chi connectivity index (χ0) is 9.19. The summed E-state index contributed by atoms with van der Waals surface area (Å²) in [5.74, 6) is -2.15. The van der Waals surface area contributed by atoms with E-state index in [9.17, 15) is 8.78 Å². The molecule has 1 saturated carbocycles. The first kappa shape index (κ1) is 9.69. The molecule has 12 heavy (non-hydrogen) atoms. The van der Waals surface area contributed by atoms with Crippen LogP contribution in [0.3, 0.4) is 0 Å². The summed E-state index contributed by atoms with van der Waals surface area (Å²) < 4.78 is 25.8. The normalized spacial score (nSPS) is 30.9. The van der Waals surface area contributed by atoms with E-state index in [4.69, 9.17) is 0 Å². The van der Waals surface area contributed by atoms with Crippen molar-refractivity contribution >= 4 is 0 Å². The van der Waals surface area contributed by atoms with E-state index in [-0.39, 0.29) is 18.8 Å². The lowest BCUT2D eigenvalue weighted by atomic mass is 9.87.